The molecule has 20 heavy (non-hydrogen) atoms. The number of hydrogen-bond donors (Lipinski definition) is 3. The Morgan fingerprint density at radius 2 is 2.15 bits per heavy atom. The van der Waals surface area contributed by atoms with Crippen LogP contribution in [0.1, 0.15) is 29.8 Å². The molecule has 1 heterocycles. The summed E-state index contributed by atoms with van der Waals surface area (Å²) in [4.78, 5) is 15.1. The summed E-state index contributed by atoms with van der Waals surface area (Å²) in [6, 6.07) is 7.52. The predicted octanol–water partition coefficient (Wildman–Crippen LogP) is 2.04. The first-order valence-electron chi connectivity index (χ1n) is 6.89. The van der Waals surface area contributed by atoms with Crippen LogP contribution in [0.3, 0.4) is 0 Å². The summed E-state index contributed by atoms with van der Waals surface area (Å²) in [6.45, 7) is 1.38. The Kier molecular flexibility index (Phi) is 5.01. The third-order valence-corrected chi connectivity index (χ3v) is 3.24. The second kappa shape index (κ2) is 6.96. The number of carbonyl (C=O) groups is 1. The highest BCUT2D eigenvalue weighted by Crippen LogP contribution is 2.21. The molecule has 4 N–H and O–H groups in total. The smallest absolute Gasteiger partial charge is 0.267 e. The normalized spacial score (nSPS) is 10.7. The number of rotatable bonds is 7. The molecule has 1 amide bonds. The number of fused-ring (bicyclic) bond motifs is 1. The van der Waals surface area contributed by atoms with Crippen molar-refractivity contribution in [3.05, 3.63) is 30.0 Å². The fourth-order valence-corrected chi connectivity index (χ4v) is 2.10. The van der Waals surface area contributed by atoms with Crippen LogP contribution in [0.5, 0.6) is 5.75 Å². The maximum atomic E-state index is 12.0. The summed E-state index contributed by atoms with van der Waals surface area (Å²) >= 11 is 0. The molecule has 0 spiro atoms. The Balaban J connectivity index is 1.96. The van der Waals surface area contributed by atoms with Gasteiger partial charge in [0.25, 0.3) is 5.91 Å². The Bertz CT molecular complexity index is 578. The molecular formula is C15H21N3O2. The van der Waals surface area contributed by atoms with Gasteiger partial charge in [-0.15, -0.1) is 0 Å². The van der Waals surface area contributed by atoms with Crippen LogP contribution in [-0.4, -0.2) is 31.1 Å². The van der Waals surface area contributed by atoms with Gasteiger partial charge in [-0.25, -0.2) is 0 Å². The monoisotopic (exact) mass is 275 g/mol. The van der Waals surface area contributed by atoms with E-state index in [0.717, 1.165) is 35.9 Å². The first-order chi connectivity index (χ1) is 9.74. The van der Waals surface area contributed by atoms with Crippen LogP contribution in [0.15, 0.2) is 24.3 Å². The molecule has 5 heteroatoms. The van der Waals surface area contributed by atoms with Crippen LogP contribution < -0.4 is 15.8 Å². The fourth-order valence-electron chi connectivity index (χ4n) is 2.10. The molecule has 0 saturated carbocycles. The number of unbranched alkanes of at least 4 members (excludes halogenated alkanes) is 2. The van der Waals surface area contributed by atoms with Crippen molar-refractivity contribution in [1.82, 2.24) is 10.3 Å². The van der Waals surface area contributed by atoms with Gasteiger partial charge in [-0.3, -0.25) is 4.79 Å². The van der Waals surface area contributed by atoms with Crippen molar-refractivity contribution < 1.29 is 9.53 Å². The highest BCUT2D eigenvalue weighted by Gasteiger charge is 2.09. The Morgan fingerprint density at radius 3 is 2.90 bits per heavy atom. The number of ether oxygens (including phenoxy) is 1. The van der Waals surface area contributed by atoms with Crippen molar-refractivity contribution >= 4 is 16.8 Å². The van der Waals surface area contributed by atoms with Crippen molar-refractivity contribution in [2.45, 2.75) is 19.3 Å². The van der Waals surface area contributed by atoms with Gasteiger partial charge in [0.05, 0.1) is 7.11 Å². The quantitative estimate of drug-likeness (QED) is 0.676. The first kappa shape index (κ1) is 14.4. The van der Waals surface area contributed by atoms with Crippen molar-refractivity contribution in [3.8, 4) is 5.75 Å². The van der Waals surface area contributed by atoms with Crippen molar-refractivity contribution in [2.75, 3.05) is 20.2 Å². The summed E-state index contributed by atoms with van der Waals surface area (Å²) < 4.78 is 5.17. The first-order valence-corrected chi connectivity index (χ1v) is 6.89. The van der Waals surface area contributed by atoms with Gasteiger partial charge in [-0.05, 0) is 43.7 Å². The number of benzene rings is 1. The summed E-state index contributed by atoms with van der Waals surface area (Å²) in [5.74, 6) is 0.707. The average Bonchev–Trinajstić information content (AvgIpc) is 2.89. The van der Waals surface area contributed by atoms with E-state index in [9.17, 15) is 4.79 Å². The lowest BCUT2D eigenvalue weighted by Gasteiger charge is -2.02. The second-order valence-electron chi connectivity index (χ2n) is 4.74. The lowest BCUT2D eigenvalue weighted by molar-refractivity contribution is 0.0949. The molecule has 0 aliphatic rings. The zero-order chi connectivity index (χ0) is 14.4. The molecule has 0 unspecified atom stereocenters. The minimum Gasteiger partial charge on any atom is -0.497 e. The maximum Gasteiger partial charge on any atom is 0.267 e. The standard InChI is InChI=1S/C15H21N3O2/c1-20-12-5-6-13-11(9-12)10-14(18-13)15(19)17-8-4-2-3-7-16/h5-6,9-10,18H,2-4,7-8,16H2,1H3,(H,17,19). The van der Waals surface area contributed by atoms with Crippen LogP contribution in [0, 0.1) is 0 Å². The van der Waals surface area contributed by atoms with E-state index >= 15 is 0 Å². The molecule has 0 bridgehead atoms. The van der Waals surface area contributed by atoms with Crippen LogP contribution in [-0.2, 0) is 0 Å². The lowest BCUT2D eigenvalue weighted by atomic mass is 10.2. The predicted molar refractivity (Wildman–Crippen MR) is 80.1 cm³/mol. The topological polar surface area (TPSA) is 80.1 Å². The van der Waals surface area contributed by atoms with E-state index in [-0.39, 0.29) is 5.91 Å². The number of methoxy groups -OCH3 is 1. The minimum atomic E-state index is -0.0760. The second-order valence-corrected chi connectivity index (χ2v) is 4.74. The molecule has 0 atom stereocenters. The lowest BCUT2D eigenvalue weighted by Crippen LogP contribution is -2.24. The third kappa shape index (κ3) is 3.51. The average molecular weight is 275 g/mol. The molecule has 2 aromatic rings. The Hall–Kier alpha value is -2.01. The molecular weight excluding hydrogens is 254 g/mol. The van der Waals surface area contributed by atoms with E-state index in [1.54, 1.807) is 7.11 Å². The molecule has 0 radical (unpaired) electrons. The van der Waals surface area contributed by atoms with E-state index in [2.05, 4.69) is 10.3 Å². The van der Waals surface area contributed by atoms with Gasteiger partial charge in [-0.1, -0.05) is 6.42 Å². The van der Waals surface area contributed by atoms with E-state index in [0.29, 0.717) is 18.8 Å². The van der Waals surface area contributed by atoms with Crippen LogP contribution >= 0.6 is 0 Å². The Morgan fingerprint density at radius 1 is 1.30 bits per heavy atom. The van der Waals surface area contributed by atoms with Gasteiger partial charge in [0.2, 0.25) is 0 Å². The van der Waals surface area contributed by atoms with Crippen LogP contribution in [0.4, 0.5) is 0 Å². The maximum absolute atomic E-state index is 12.0. The number of amides is 1. The molecule has 0 saturated heterocycles. The number of hydrogen-bond acceptors (Lipinski definition) is 3. The van der Waals surface area contributed by atoms with E-state index in [1.807, 2.05) is 24.3 Å². The van der Waals surface area contributed by atoms with E-state index in [4.69, 9.17) is 10.5 Å². The van der Waals surface area contributed by atoms with Crippen LogP contribution in [0.2, 0.25) is 0 Å². The summed E-state index contributed by atoms with van der Waals surface area (Å²) in [5.41, 5.74) is 6.93. The number of carbonyl (C=O) groups excluding carboxylic acids is 1. The largest absolute Gasteiger partial charge is 0.497 e. The van der Waals surface area contributed by atoms with Gasteiger partial charge in [0.15, 0.2) is 0 Å². The molecule has 5 nitrogen and oxygen atoms in total. The van der Waals surface area contributed by atoms with Crippen LogP contribution in [0.25, 0.3) is 10.9 Å². The van der Waals surface area contributed by atoms with Gasteiger partial charge in [0.1, 0.15) is 11.4 Å². The zero-order valence-electron chi connectivity index (χ0n) is 11.7. The minimum absolute atomic E-state index is 0.0760. The Labute approximate surface area is 118 Å². The van der Waals surface area contributed by atoms with Gasteiger partial charge < -0.3 is 20.8 Å². The SMILES string of the molecule is COc1ccc2[nH]c(C(=O)NCCCCCN)cc2c1. The van der Waals surface area contributed by atoms with Gasteiger partial charge in [-0.2, -0.15) is 0 Å². The van der Waals surface area contributed by atoms with Crippen molar-refractivity contribution in [2.24, 2.45) is 5.73 Å². The number of aromatic nitrogens is 1. The van der Waals surface area contributed by atoms with Crippen molar-refractivity contribution in [3.63, 3.8) is 0 Å². The zero-order valence-corrected chi connectivity index (χ0v) is 11.7. The molecule has 1 aromatic heterocycles. The fraction of sp³-hybridized carbons (Fsp3) is 0.400. The molecule has 0 aliphatic carbocycles. The number of nitrogens with one attached hydrogen (secondary N) is 2. The molecule has 1 aromatic carbocycles. The number of H-pyrrole nitrogens is 1. The molecule has 2 rings (SSSR count). The van der Waals surface area contributed by atoms with E-state index in [1.165, 1.54) is 0 Å². The number of nitrogens with two attached hydrogens (primary N) is 1. The molecule has 0 fully saturated rings. The molecule has 0 aliphatic heterocycles. The number of aromatic amines is 1. The van der Waals surface area contributed by atoms with Gasteiger partial charge in [0, 0.05) is 17.4 Å². The van der Waals surface area contributed by atoms with Crippen molar-refractivity contribution in [1.29, 1.82) is 0 Å². The van der Waals surface area contributed by atoms with Gasteiger partial charge >= 0.3 is 0 Å². The van der Waals surface area contributed by atoms with E-state index < -0.39 is 0 Å². The third-order valence-electron chi connectivity index (χ3n) is 3.24. The molecule has 108 valence electrons. The summed E-state index contributed by atoms with van der Waals surface area (Å²) in [7, 11) is 1.63. The summed E-state index contributed by atoms with van der Waals surface area (Å²) in [5, 5.41) is 3.88. The summed E-state index contributed by atoms with van der Waals surface area (Å²) in [6.07, 6.45) is 3.00. The highest BCUT2D eigenvalue weighted by atomic mass is 16.5. The highest BCUT2D eigenvalue weighted by molar-refractivity contribution is 5.98.